The van der Waals surface area contributed by atoms with E-state index in [0.717, 1.165) is 11.5 Å². The second kappa shape index (κ2) is 5.30. The molecule has 1 amide bonds. The van der Waals surface area contributed by atoms with Crippen LogP contribution in [0.25, 0.3) is 10.9 Å². The highest BCUT2D eigenvalue weighted by atomic mass is 19.1. The second-order valence-electron chi connectivity index (χ2n) is 5.64. The van der Waals surface area contributed by atoms with Crippen LogP contribution >= 0.6 is 0 Å². The summed E-state index contributed by atoms with van der Waals surface area (Å²) in [6.07, 6.45) is 1.56. The summed E-state index contributed by atoms with van der Waals surface area (Å²) in [5.41, 5.74) is 1.62. The maximum absolute atomic E-state index is 14.7. The summed E-state index contributed by atoms with van der Waals surface area (Å²) in [7, 11) is 1.31. The zero-order chi connectivity index (χ0) is 16.8. The van der Waals surface area contributed by atoms with Gasteiger partial charge in [-0.15, -0.1) is 0 Å². The van der Waals surface area contributed by atoms with Crippen molar-refractivity contribution >= 4 is 22.5 Å². The Hall–Kier alpha value is -2.96. The maximum atomic E-state index is 14.7. The average Bonchev–Trinajstić information content (AvgIpc) is 3.03. The molecule has 0 aliphatic carbocycles. The van der Waals surface area contributed by atoms with Crippen LogP contribution < -0.4 is 10.1 Å². The number of anilines is 1. The topological polar surface area (TPSA) is 67.0 Å². The van der Waals surface area contributed by atoms with Gasteiger partial charge in [0, 0.05) is 34.5 Å². The lowest BCUT2D eigenvalue weighted by molar-refractivity contribution is -0.116. The number of H-pyrrole nitrogens is 1. The second-order valence-corrected chi connectivity index (χ2v) is 5.64. The van der Waals surface area contributed by atoms with Crippen molar-refractivity contribution in [1.82, 2.24) is 10.2 Å². The van der Waals surface area contributed by atoms with Crippen molar-refractivity contribution < 1.29 is 18.3 Å². The predicted octanol–water partition coefficient (Wildman–Crippen LogP) is 3.32. The van der Waals surface area contributed by atoms with E-state index < -0.39 is 17.6 Å². The lowest BCUT2D eigenvalue weighted by atomic mass is 9.83. The highest BCUT2D eigenvalue weighted by Crippen LogP contribution is 2.43. The maximum Gasteiger partial charge on any atom is 0.225 e. The highest BCUT2D eigenvalue weighted by molar-refractivity contribution is 6.00. The molecule has 0 saturated heterocycles. The van der Waals surface area contributed by atoms with E-state index in [1.807, 2.05) is 0 Å². The zero-order valence-corrected chi connectivity index (χ0v) is 12.7. The van der Waals surface area contributed by atoms with Gasteiger partial charge >= 0.3 is 0 Å². The summed E-state index contributed by atoms with van der Waals surface area (Å²) in [5.74, 6) is -2.63. The third-order valence-electron chi connectivity index (χ3n) is 4.33. The van der Waals surface area contributed by atoms with E-state index in [0.29, 0.717) is 16.8 Å². The van der Waals surface area contributed by atoms with E-state index in [9.17, 15) is 13.6 Å². The first-order chi connectivity index (χ1) is 11.6. The molecule has 2 heterocycles. The Morgan fingerprint density at radius 1 is 1.21 bits per heavy atom. The fourth-order valence-corrected chi connectivity index (χ4v) is 3.27. The SMILES string of the molecule is COc1ccc(F)c(C2CC(=O)Nc3ccc4cn[nH]c4c32)c1F. The average molecular weight is 329 g/mol. The number of ether oxygens (including phenoxy) is 1. The van der Waals surface area contributed by atoms with Crippen LogP contribution in [0.5, 0.6) is 5.75 Å². The molecule has 0 spiro atoms. The van der Waals surface area contributed by atoms with Crippen LogP contribution in [0.2, 0.25) is 0 Å². The Bertz CT molecular complexity index is 968. The van der Waals surface area contributed by atoms with Crippen LogP contribution in [0.3, 0.4) is 0 Å². The van der Waals surface area contributed by atoms with Gasteiger partial charge in [0.15, 0.2) is 11.6 Å². The third-order valence-corrected chi connectivity index (χ3v) is 4.33. The number of aromatic amines is 1. The van der Waals surface area contributed by atoms with Gasteiger partial charge < -0.3 is 10.1 Å². The van der Waals surface area contributed by atoms with Crippen LogP contribution in [0.15, 0.2) is 30.5 Å². The molecule has 3 aromatic rings. The van der Waals surface area contributed by atoms with Gasteiger partial charge in [0.25, 0.3) is 0 Å². The van der Waals surface area contributed by atoms with Crippen molar-refractivity contribution in [2.45, 2.75) is 12.3 Å². The molecule has 0 saturated carbocycles. The van der Waals surface area contributed by atoms with Gasteiger partial charge in [-0.25, -0.2) is 8.78 Å². The van der Waals surface area contributed by atoms with E-state index in [1.165, 1.54) is 13.2 Å². The number of hydrogen-bond acceptors (Lipinski definition) is 3. The summed E-state index contributed by atoms with van der Waals surface area (Å²) >= 11 is 0. The quantitative estimate of drug-likeness (QED) is 0.758. The summed E-state index contributed by atoms with van der Waals surface area (Å²) in [6, 6.07) is 5.89. The molecule has 7 heteroatoms. The molecule has 5 nitrogen and oxygen atoms in total. The summed E-state index contributed by atoms with van der Waals surface area (Å²) in [4.78, 5) is 12.0. The summed E-state index contributed by atoms with van der Waals surface area (Å²) in [6.45, 7) is 0. The summed E-state index contributed by atoms with van der Waals surface area (Å²) in [5, 5.41) is 10.4. The minimum atomic E-state index is -0.792. The molecule has 1 aliphatic heterocycles. The first-order valence-corrected chi connectivity index (χ1v) is 7.38. The number of nitrogens with one attached hydrogen (secondary N) is 2. The molecule has 122 valence electrons. The Labute approximate surface area is 135 Å². The zero-order valence-electron chi connectivity index (χ0n) is 12.7. The van der Waals surface area contributed by atoms with Crippen LogP contribution in [0.4, 0.5) is 14.5 Å². The number of hydrogen-bond donors (Lipinski definition) is 2. The number of halogens is 2. The number of aromatic nitrogens is 2. The van der Waals surface area contributed by atoms with E-state index in [-0.39, 0.29) is 23.6 Å². The fraction of sp³-hybridized carbons (Fsp3) is 0.176. The molecule has 1 atom stereocenters. The number of carbonyl (C=O) groups excluding carboxylic acids is 1. The third kappa shape index (κ3) is 2.05. The minimum absolute atomic E-state index is 0.0595. The molecular formula is C17H13F2N3O2. The van der Waals surface area contributed by atoms with Gasteiger partial charge in [-0.05, 0) is 24.3 Å². The Balaban J connectivity index is 2.01. The summed E-state index contributed by atoms with van der Waals surface area (Å²) < 4.78 is 34.1. The smallest absolute Gasteiger partial charge is 0.225 e. The molecule has 0 fully saturated rings. The molecule has 4 rings (SSSR count). The minimum Gasteiger partial charge on any atom is -0.494 e. The Kier molecular flexibility index (Phi) is 3.23. The van der Waals surface area contributed by atoms with Crippen molar-refractivity contribution in [3.8, 4) is 5.75 Å². The van der Waals surface area contributed by atoms with E-state index in [4.69, 9.17) is 4.74 Å². The standard InChI is InChI=1S/C17H13F2N3O2/c1-24-12-5-3-10(18)14(16(12)19)9-6-13(23)21-11-4-2-8-7-20-22-17(8)15(9)11/h2-5,7,9H,6H2,1H3,(H,20,22)(H,21,23). The highest BCUT2D eigenvalue weighted by Gasteiger charge is 2.33. The van der Waals surface area contributed by atoms with Gasteiger partial charge in [-0.3, -0.25) is 9.89 Å². The molecule has 1 unspecified atom stereocenters. The van der Waals surface area contributed by atoms with Crippen molar-refractivity contribution in [2.24, 2.45) is 0 Å². The van der Waals surface area contributed by atoms with E-state index in [2.05, 4.69) is 15.5 Å². The molecule has 2 N–H and O–H groups in total. The normalized spacial score (nSPS) is 16.8. The largest absolute Gasteiger partial charge is 0.494 e. The van der Waals surface area contributed by atoms with Crippen molar-refractivity contribution in [1.29, 1.82) is 0 Å². The van der Waals surface area contributed by atoms with Gasteiger partial charge in [-0.1, -0.05) is 0 Å². The number of rotatable bonds is 2. The predicted molar refractivity (Wildman–Crippen MR) is 84.1 cm³/mol. The van der Waals surface area contributed by atoms with Crippen molar-refractivity contribution in [2.75, 3.05) is 12.4 Å². The van der Waals surface area contributed by atoms with E-state index >= 15 is 0 Å². The number of carbonyl (C=O) groups is 1. The van der Waals surface area contributed by atoms with E-state index in [1.54, 1.807) is 18.3 Å². The Morgan fingerprint density at radius 2 is 2.04 bits per heavy atom. The fourth-order valence-electron chi connectivity index (χ4n) is 3.27. The number of fused-ring (bicyclic) bond motifs is 3. The number of amides is 1. The van der Waals surface area contributed by atoms with Crippen LogP contribution in [-0.2, 0) is 4.79 Å². The molecule has 1 aromatic heterocycles. The number of methoxy groups -OCH3 is 1. The Morgan fingerprint density at radius 3 is 2.83 bits per heavy atom. The molecule has 24 heavy (non-hydrogen) atoms. The lowest BCUT2D eigenvalue weighted by Crippen LogP contribution is -2.25. The molecule has 1 aliphatic rings. The van der Waals surface area contributed by atoms with Crippen molar-refractivity contribution in [3.63, 3.8) is 0 Å². The number of benzene rings is 2. The first-order valence-electron chi connectivity index (χ1n) is 7.38. The van der Waals surface area contributed by atoms with Gasteiger partial charge in [0.2, 0.25) is 5.91 Å². The van der Waals surface area contributed by atoms with Crippen LogP contribution in [-0.4, -0.2) is 23.2 Å². The molecule has 0 radical (unpaired) electrons. The van der Waals surface area contributed by atoms with Gasteiger partial charge in [0.1, 0.15) is 5.82 Å². The van der Waals surface area contributed by atoms with Gasteiger partial charge in [0.05, 0.1) is 18.8 Å². The van der Waals surface area contributed by atoms with Crippen LogP contribution in [0, 0.1) is 11.6 Å². The van der Waals surface area contributed by atoms with Crippen LogP contribution in [0.1, 0.15) is 23.5 Å². The first kappa shape index (κ1) is 14.6. The molecular weight excluding hydrogens is 316 g/mol. The number of nitrogens with zero attached hydrogens (tertiary/aromatic N) is 1. The molecule has 2 aromatic carbocycles. The molecule has 0 bridgehead atoms. The van der Waals surface area contributed by atoms with Gasteiger partial charge in [-0.2, -0.15) is 5.10 Å². The monoisotopic (exact) mass is 329 g/mol. The van der Waals surface area contributed by atoms with Crippen molar-refractivity contribution in [3.05, 3.63) is 53.2 Å². The lowest BCUT2D eigenvalue weighted by Gasteiger charge is -2.27.